The van der Waals surface area contributed by atoms with Gasteiger partial charge in [0.1, 0.15) is 22.9 Å². The number of aromatic nitrogens is 9. The molecule has 7 heterocycles. The number of rotatable bonds is 9. The maximum Gasteiger partial charge on any atom is 0.438 e. The summed E-state index contributed by atoms with van der Waals surface area (Å²) in [6.07, 6.45) is 12.2. The predicted octanol–water partition coefficient (Wildman–Crippen LogP) is 8.89. The fourth-order valence-electron chi connectivity index (χ4n) is 11.9. The number of H-pyrrole nitrogens is 1. The molecule has 5 aromatic heterocycles. The molecule has 2 aliphatic heterocycles. The van der Waals surface area contributed by atoms with Crippen molar-refractivity contribution in [2.45, 2.75) is 121 Å². The summed E-state index contributed by atoms with van der Waals surface area (Å²) in [5.74, 6) is -0.660. The number of benzene rings is 3. The molecule has 0 radical (unpaired) electrons. The van der Waals surface area contributed by atoms with Gasteiger partial charge in [0.25, 0.3) is 5.91 Å². The van der Waals surface area contributed by atoms with Crippen molar-refractivity contribution < 1.29 is 22.8 Å². The van der Waals surface area contributed by atoms with Gasteiger partial charge in [-0.2, -0.15) is 10.2 Å². The Morgan fingerprint density at radius 2 is 1.70 bits per heavy atom. The minimum atomic E-state index is -0.854. The van der Waals surface area contributed by atoms with Gasteiger partial charge in [0, 0.05) is 48.4 Å². The van der Waals surface area contributed by atoms with Crippen LogP contribution in [0.25, 0.3) is 39.0 Å². The van der Waals surface area contributed by atoms with Gasteiger partial charge >= 0.3 is 11.4 Å². The molecule has 1 saturated heterocycles. The van der Waals surface area contributed by atoms with E-state index < -0.39 is 28.8 Å². The number of hydrogen-bond acceptors (Lipinski definition) is 8. The van der Waals surface area contributed by atoms with Crippen molar-refractivity contribution in [3.63, 3.8) is 0 Å². The number of fused-ring (bicyclic) bond motifs is 3. The lowest BCUT2D eigenvalue weighted by atomic mass is 9.83. The molecule has 0 bridgehead atoms. The predicted molar refractivity (Wildman–Crippen MR) is 252 cm³/mol. The molecule has 8 aromatic rings. The normalized spacial score (nSPS) is 23.4. The summed E-state index contributed by atoms with van der Waals surface area (Å²) >= 11 is 0. The zero-order valence-electron chi connectivity index (χ0n) is 38.9. The van der Waals surface area contributed by atoms with Crippen molar-refractivity contribution in [3.05, 3.63) is 140 Å². The molecule has 13 rings (SSSR count). The Morgan fingerprint density at radius 1 is 0.899 bits per heavy atom. The molecule has 69 heavy (non-hydrogen) atoms. The van der Waals surface area contributed by atoms with E-state index in [2.05, 4.69) is 54.2 Å². The van der Waals surface area contributed by atoms with E-state index in [1.807, 2.05) is 33.2 Å². The molecule has 4 atom stereocenters. The highest BCUT2D eigenvalue weighted by atomic mass is 19.1. The Hall–Kier alpha value is -6.88. The number of carbonyl (C=O) groups is 1. The largest absolute Gasteiger partial charge is 0.438 e. The highest BCUT2D eigenvalue weighted by Crippen LogP contribution is 2.56. The Morgan fingerprint density at radius 3 is 2.42 bits per heavy atom. The van der Waals surface area contributed by atoms with E-state index in [1.54, 1.807) is 35.3 Å². The van der Waals surface area contributed by atoms with Crippen LogP contribution in [0.2, 0.25) is 0 Å². The number of amides is 1. The SMILES string of the molecule is CC1c2c(nn(-c3ccc(F)c(C4CC4)c3)c2-n2ccn(-c3ccc4c(cnn4C4CCC4)c3F)c2=O)CCN1C(=O)c1cc2cc(C3CCOC(C)(C)C3)ccc2n1C1(c2noc(=O)[nH]2)CC1C. The van der Waals surface area contributed by atoms with E-state index in [0.717, 1.165) is 55.8 Å². The molecule has 4 unspecified atom stereocenters. The minimum Gasteiger partial charge on any atom is -0.376 e. The monoisotopic (exact) mass is 934 g/mol. The molecule has 4 fully saturated rings. The highest BCUT2D eigenvalue weighted by molar-refractivity contribution is 6.00. The summed E-state index contributed by atoms with van der Waals surface area (Å²) in [7, 11) is 0. The summed E-state index contributed by atoms with van der Waals surface area (Å²) < 4.78 is 51.4. The molecule has 1 N–H and O–H groups in total. The van der Waals surface area contributed by atoms with Crippen molar-refractivity contribution >= 4 is 27.7 Å². The van der Waals surface area contributed by atoms with E-state index in [-0.39, 0.29) is 46.8 Å². The summed E-state index contributed by atoms with van der Waals surface area (Å²) in [4.78, 5) is 47.6. The molecular weight excluding hydrogens is 883 g/mol. The lowest BCUT2D eigenvalue weighted by Gasteiger charge is -2.35. The number of aromatic amines is 1. The number of ether oxygens (including phenoxy) is 1. The van der Waals surface area contributed by atoms with Gasteiger partial charge in [-0.05, 0) is 150 Å². The van der Waals surface area contributed by atoms with Crippen molar-refractivity contribution in [3.8, 4) is 17.2 Å². The fourth-order valence-corrected chi connectivity index (χ4v) is 11.9. The fraction of sp³-hybridized carbons (Fsp3) is 0.423. The van der Waals surface area contributed by atoms with E-state index in [1.165, 1.54) is 27.0 Å². The summed E-state index contributed by atoms with van der Waals surface area (Å²) in [5.41, 5.74) is 4.02. The van der Waals surface area contributed by atoms with Crippen LogP contribution in [-0.4, -0.2) is 73.0 Å². The lowest BCUT2D eigenvalue weighted by Crippen LogP contribution is -2.41. The van der Waals surface area contributed by atoms with Crippen LogP contribution in [0.3, 0.4) is 0 Å². The first kappa shape index (κ1) is 42.2. The van der Waals surface area contributed by atoms with Gasteiger partial charge in [-0.3, -0.25) is 28.1 Å². The smallest absolute Gasteiger partial charge is 0.376 e. The van der Waals surface area contributed by atoms with Gasteiger partial charge in [0.05, 0.1) is 51.9 Å². The number of imidazole rings is 1. The van der Waals surface area contributed by atoms with Crippen molar-refractivity contribution in [2.75, 3.05) is 13.2 Å². The van der Waals surface area contributed by atoms with Crippen LogP contribution in [0.5, 0.6) is 0 Å². The molecular formula is C52H52F2N10O5. The van der Waals surface area contributed by atoms with Crippen molar-refractivity contribution in [2.24, 2.45) is 5.92 Å². The van der Waals surface area contributed by atoms with Crippen LogP contribution in [0.1, 0.15) is 142 Å². The molecule has 3 aliphatic carbocycles. The van der Waals surface area contributed by atoms with Crippen LogP contribution in [0.4, 0.5) is 8.78 Å². The standard InChI is InChI=1S/C52H52F2N10O5/c1-28-25-52(28,48-56-49(66)69-58-48)62-40-13-10-31(32-17-21-68-51(3,4)26-32)22-33(40)23-43(62)47(65)59-18-16-39-44(29(59)2)46(64(57-39)35-11-12-38(53)36(24-35)30-8-9-30)61-20-19-60(50(61)67)42-15-14-41-37(45(42)54)27-55-63(41)34-6-5-7-34/h10-15,19-20,22-24,27-30,32,34H,5-9,16-18,21,25-26H2,1-4H3,(H,56,58,66). The summed E-state index contributed by atoms with van der Waals surface area (Å²) in [6.45, 7) is 9.21. The van der Waals surface area contributed by atoms with E-state index >= 15 is 13.6 Å². The quantitative estimate of drug-likeness (QED) is 0.151. The molecule has 3 aromatic carbocycles. The molecule has 15 nitrogen and oxygen atoms in total. The third-order valence-electron chi connectivity index (χ3n) is 16.1. The van der Waals surface area contributed by atoms with Crippen LogP contribution < -0.4 is 11.4 Å². The summed E-state index contributed by atoms with van der Waals surface area (Å²) in [6, 6.07) is 16.3. The van der Waals surface area contributed by atoms with Gasteiger partial charge in [-0.1, -0.05) is 18.1 Å². The second-order valence-electron chi connectivity index (χ2n) is 20.8. The molecule has 3 saturated carbocycles. The number of hydrogen-bond donors (Lipinski definition) is 1. The number of carbonyl (C=O) groups excluding carboxylic acids is 1. The third-order valence-corrected chi connectivity index (χ3v) is 16.1. The Bertz CT molecular complexity index is 3540. The maximum absolute atomic E-state index is 16.6. The first-order chi connectivity index (χ1) is 33.3. The molecule has 5 aliphatic rings. The minimum absolute atomic E-state index is 0.00298. The maximum atomic E-state index is 16.6. The Kier molecular flexibility index (Phi) is 9.22. The van der Waals surface area contributed by atoms with E-state index in [9.17, 15) is 9.59 Å². The van der Waals surface area contributed by atoms with Crippen molar-refractivity contribution in [1.29, 1.82) is 0 Å². The average molecular weight is 935 g/mol. The third kappa shape index (κ3) is 6.44. The molecule has 0 spiro atoms. The number of halogens is 2. The van der Waals surface area contributed by atoms with Gasteiger partial charge in [-0.15, -0.1) is 0 Å². The van der Waals surface area contributed by atoms with Gasteiger partial charge < -0.3 is 14.2 Å². The Labute approximate surface area is 394 Å². The van der Waals surface area contributed by atoms with Gasteiger partial charge in [-0.25, -0.2) is 23.1 Å². The van der Waals surface area contributed by atoms with Crippen LogP contribution >= 0.6 is 0 Å². The van der Waals surface area contributed by atoms with Crippen molar-refractivity contribution in [1.82, 2.24) is 48.3 Å². The zero-order valence-corrected chi connectivity index (χ0v) is 38.9. The lowest BCUT2D eigenvalue weighted by molar-refractivity contribution is -0.0592. The number of nitrogens with one attached hydrogen (secondary N) is 1. The topological polar surface area (TPSA) is 156 Å². The van der Waals surface area contributed by atoms with Gasteiger partial charge in [0.15, 0.2) is 11.6 Å². The molecule has 354 valence electrons. The van der Waals surface area contributed by atoms with E-state index in [0.29, 0.717) is 76.7 Å². The summed E-state index contributed by atoms with van der Waals surface area (Å²) in [5, 5.41) is 15.1. The molecule has 1 amide bonds. The van der Waals surface area contributed by atoms with Gasteiger partial charge in [0.2, 0.25) is 0 Å². The highest BCUT2D eigenvalue weighted by Gasteiger charge is 2.59. The van der Waals surface area contributed by atoms with E-state index in [4.69, 9.17) is 14.4 Å². The Balaban J connectivity index is 0.940. The second kappa shape index (κ2) is 15.1. The first-order valence-electron chi connectivity index (χ1n) is 24.3. The number of nitrogens with zero attached hydrogens (tertiary/aromatic N) is 9. The van der Waals surface area contributed by atoms with Crippen LogP contribution in [0.15, 0.2) is 87.3 Å². The first-order valence-corrected chi connectivity index (χ1v) is 24.3. The van der Waals surface area contributed by atoms with Crippen LogP contribution in [-0.2, 0) is 16.7 Å². The van der Waals surface area contributed by atoms with Crippen LogP contribution in [0, 0.1) is 17.6 Å². The molecule has 17 heteroatoms. The second-order valence-corrected chi connectivity index (χ2v) is 20.8. The zero-order chi connectivity index (χ0) is 47.2. The average Bonchev–Trinajstić information content (AvgIpc) is 3.85.